The van der Waals surface area contributed by atoms with Crippen LogP contribution < -0.4 is 16.0 Å². The summed E-state index contributed by atoms with van der Waals surface area (Å²) in [6, 6.07) is 15.2. The number of nitrogens with one attached hydrogen (secondary N) is 3. The molecule has 2 aromatic carbocycles. The number of para-hydroxylation sites is 1. The quantitative estimate of drug-likeness (QED) is 0.315. The van der Waals surface area contributed by atoms with Crippen molar-refractivity contribution in [2.24, 2.45) is 0 Å². The van der Waals surface area contributed by atoms with E-state index in [1.54, 1.807) is 18.2 Å². The van der Waals surface area contributed by atoms with Gasteiger partial charge < -0.3 is 25.8 Å². The summed E-state index contributed by atoms with van der Waals surface area (Å²) in [6.45, 7) is 4.75. The SMILES string of the molecule is O=C(NCCCO)c1ccccc1Nc1nc(Nc2ccc(CN3CCOCC3)cc2)ncc1Cl. The zero-order valence-electron chi connectivity index (χ0n) is 19.3. The topological polar surface area (TPSA) is 112 Å². The maximum Gasteiger partial charge on any atom is 0.253 e. The zero-order valence-corrected chi connectivity index (χ0v) is 20.1. The van der Waals surface area contributed by atoms with E-state index in [1.165, 1.54) is 11.8 Å². The number of ether oxygens (including phenoxy) is 1. The van der Waals surface area contributed by atoms with Crippen LogP contribution in [0.25, 0.3) is 0 Å². The van der Waals surface area contributed by atoms with Crippen LogP contribution in [0.3, 0.4) is 0 Å². The van der Waals surface area contributed by atoms with Gasteiger partial charge in [0.2, 0.25) is 5.95 Å². The van der Waals surface area contributed by atoms with Crippen molar-refractivity contribution in [2.45, 2.75) is 13.0 Å². The molecule has 4 rings (SSSR count). The summed E-state index contributed by atoms with van der Waals surface area (Å²) in [7, 11) is 0. The van der Waals surface area contributed by atoms with Crippen LogP contribution in [0.1, 0.15) is 22.3 Å². The maximum absolute atomic E-state index is 12.6. The lowest BCUT2D eigenvalue weighted by atomic mass is 10.1. The number of aliphatic hydroxyl groups is 1. The molecule has 1 aromatic heterocycles. The molecule has 0 saturated carbocycles. The van der Waals surface area contributed by atoms with E-state index in [1.807, 2.05) is 18.2 Å². The first-order valence-corrected chi connectivity index (χ1v) is 11.9. The first-order valence-electron chi connectivity index (χ1n) is 11.6. The molecular weight excluding hydrogens is 468 g/mol. The first kappa shape index (κ1) is 24.9. The van der Waals surface area contributed by atoms with Gasteiger partial charge in [-0.2, -0.15) is 4.98 Å². The molecule has 9 nitrogen and oxygen atoms in total. The van der Waals surface area contributed by atoms with Gasteiger partial charge in [0.1, 0.15) is 5.02 Å². The normalized spacial score (nSPS) is 13.9. The predicted molar refractivity (Wildman–Crippen MR) is 137 cm³/mol. The summed E-state index contributed by atoms with van der Waals surface area (Å²) in [5, 5.41) is 18.4. The van der Waals surface area contributed by atoms with Gasteiger partial charge in [-0.1, -0.05) is 35.9 Å². The van der Waals surface area contributed by atoms with Crippen molar-refractivity contribution in [3.63, 3.8) is 0 Å². The molecule has 0 atom stereocenters. The molecular formula is C25H29ClN6O3. The Labute approximate surface area is 209 Å². The Bertz CT molecular complexity index is 1120. The van der Waals surface area contributed by atoms with Crippen LogP contribution in [0.15, 0.2) is 54.7 Å². The smallest absolute Gasteiger partial charge is 0.253 e. The first-order chi connectivity index (χ1) is 17.1. The Morgan fingerprint density at radius 3 is 2.63 bits per heavy atom. The highest BCUT2D eigenvalue weighted by atomic mass is 35.5. The molecule has 0 spiro atoms. The summed E-state index contributed by atoms with van der Waals surface area (Å²) in [5.74, 6) is 0.508. The predicted octanol–water partition coefficient (Wildman–Crippen LogP) is 3.56. The summed E-state index contributed by atoms with van der Waals surface area (Å²) in [4.78, 5) is 23.7. The van der Waals surface area contributed by atoms with E-state index in [0.717, 1.165) is 38.5 Å². The molecule has 4 N–H and O–H groups in total. The Morgan fingerprint density at radius 1 is 1.09 bits per heavy atom. The zero-order chi connectivity index (χ0) is 24.5. The molecule has 35 heavy (non-hydrogen) atoms. The highest BCUT2D eigenvalue weighted by Gasteiger charge is 2.14. The maximum atomic E-state index is 12.6. The Balaban J connectivity index is 1.43. The van der Waals surface area contributed by atoms with Gasteiger partial charge in [-0.3, -0.25) is 9.69 Å². The number of carbonyl (C=O) groups excluding carboxylic acids is 1. The van der Waals surface area contributed by atoms with E-state index >= 15 is 0 Å². The number of halogens is 1. The van der Waals surface area contributed by atoms with E-state index in [9.17, 15) is 4.79 Å². The summed E-state index contributed by atoms with van der Waals surface area (Å²) in [6.07, 6.45) is 2.00. The van der Waals surface area contributed by atoms with Gasteiger partial charge in [0.15, 0.2) is 5.82 Å². The Kier molecular flexibility index (Phi) is 8.85. The van der Waals surface area contributed by atoms with Gasteiger partial charge in [-0.05, 0) is 36.2 Å². The molecule has 184 valence electrons. The van der Waals surface area contributed by atoms with E-state index in [4.69, 9.17) is 21.4 Å². The number of carbonyl (C=O) groups is 1. The number of benzene rings is 2. The second-order valence-electron chi connectivity index (χ2n) is 8.10. The average molecular weight is 497 g/mol. The van der Waals surface area contributed by atoms with E-state index < -0.39 is 0 Å². The number of aromatic nitrogens is 2. The van der Waals surface area contributed by atoms with Crippen LogP contribution in [-0.4, -0.2) is 65.3 Å². The number of hydrogen-bond acceptors (Lipinski definition) is 8. The van der Waals surface area contributed by atoms with Crippen molar-refractivity contribution >= 4 is 40.6 Å². The van der Waals surface area contributed by atoms with Crippen LogP contribution in [0.4, 0.5) is 23.1 Å². The van der Waals surface area contributed by atoms with Crippen molar-refractivity contribution in [1.82, 2.24) is 20.2 Å². The molecule has 0 unspecified atom stereocenters. The van der Waals surface area contributed by atoms with Crippen LogP contribution in [-0.2, 0) is 11.3 Å². The van der Waals surface area contributed by atoms with Gasteiger partial charge in [0, 0.05) is 38.5 Å². The van der Waals surface area contributed by atoms with Gasteiger partial charge in [-0.15, -0.1) is 0 Å². The minimum absolute atomic E-state index is 0.0170. The van der Waals surface area contributed by atoms with Gasteiger partial charge in [0.25, 0.3) is 5.91 Å². The standard InChI is InChI=1S/C25H29ClN6O3/c26-21-16-28-25(29-19-8-6-18(7-9-19)17-32-11-14-35-15-12-32)31-23(21)30-22-5-2-1-4-20(22)24(34)27-10-3-13-33/h1-2,4-9,16,33H,3,10-15,17H2,(H,27,34)(H2,28,29,30,31). The molecule has 1 saturated heterocycles. The number of morpholine rings is 1. The lowest BCUT2D eigenvalue weighted by Gasteiger charge is -2.26. The monoisotopic (exact) mass is 496 g/mol. The van der Waals surface area contributed by atoms with Gasteiger partial charge in [-0.25, -0.2) is 4.98 Å². The molecule has 1 fully saturated rings. The van der Waals surface area contributed by atoms with E-state index in [0.29, 0.717) is 41.0 Å². The lowest BCUT2D eigenvalue weighted by Crippen LogP contribution is -2.35. The van der Waals surface area contributed by atoms with Gasteiger partial charge in [0.05, 0.1) is 30.7 Å². The minimum atomic E-state index is -0.248. The molecule has 0 aliphatic carbocycles. The van der Waals surface area contributed by atoms with Crippen molar-refractivity contribution < 1.29 is 14.6 Å². The fourth-order valence-corrected chi connectivity index (χ4v) is 3.79. The van der Waals surface area contributed by atoms with Crippen molar-refractivity contribution in [1.29, 1.82) is 0 Å². The second kappa shape index (κ2) is 12.5. The minimum Gasteiger partial charge on any atom is -0.396 e. The third kappa shape index (κ3) is 7.12. The molecule has 1 aliphatic heterocycles. The average Bonchev–Trinajstić information content (AvgIpc) is 2.88. The lowest BCUT2D eigenvalue weighted by molar-refractivity contribution is 0.0342. The fraction of sp³-hybridized carbons (Fsp3) is 0.320. The summed E-state index contributed by atoms with van der Waals surface area (Å²) >= 11 is 6.34. The third-order valence-corrected chi connectivity index (χ3v) is 5.79. The fourth-order valence-electron chi connectivity index (χ4n) is 3.65. The van der Waals surface area contributed by atoms with Crippen LogP contribution in [0.5, 0.6) is 0 Å². The number of aliphatic hydroxyl groups excluding tert-OH is 1. The number of anilines is 4. The van der Waals surface area contributed by atoms with Crippen LogP contribution >= 0.6 is 11.6 Å². The van der Waals surface area contributed by atoms with Crippen LogP contribution in [0.2, 0.25) is 5.02 Å². The summed E-state index contributed by atoms with van der Waals surface area (Å²) in [5.41, 5.74) is 3.09. The summed E-state index contributed by atoms with van der Waals surface area (Å²) < 4.78 is 5.41. The Morgan fingerprint density at radius 2 is 1.86 bits per heavy atom. The molecule has 3 aromatic rings. The van der Waals surface area contributed by atoms with Crippen molar-refractivity contribution in [3.05, 3.63) is 70.9 Å². The Hall–Kier alpha value is -3.24. The molecule has 1 amide bonds. The van der Waals surface area contributed by atoms with E-state index in [-0.39, 0.29) is 12.5 Å². The van der Waals surface area contributed by atoms with Gasteiger partial charge >= 0.3 is 0 Å². The molecule has 2 heterocycles. The van der Waals surface area contributed by atoms with Crippen LogP contribution in [0, 0.1) is 0 Å². The number of rotatable bonds is 10. The van der Waals surface area contributed by atoms with Crippen molar-refractivity contribution in [2.75, 3.05) is 50.1 Å². The molecule has 1 aliphatic rings. The number of nitrogens with zero attached hydrogens (tertiary/aromatic N) is 3. The molecule has 0 bridgehead atoms. The number of hydrogen-bond donors (Lipinski definition) is 4. The molecule has 10 heteroatoms. The third-order valence-electron chi connectivity index (χ3n) is 5.51. The molecule has 0 radical (unpaired) electrons. The highest BCUT2D eigenvalue weighted by molar-refractivity contribution is 6.33. The largest absolute Gasteiger partial charge is 0.396 e. The number of amides is 1. The van der Waals surface area contributed by atoms with Crippen molar-refractivity contribution in [3.8, 4) is 0 Å². The van der Waals surface area contributed by atoms with E-state index in [2.05, 4.69) is 43.0 Å². The highest BCUT2D eigenvalue weighted by Crippen LogP contribution is 2.27. The second-order valence-corrected chi connectivity index (χ2v) is 8.51.